The monoisotopic (exact) mass is 479 g/mol. The molecule has 12 heteroatoms. The lowest BCUT2D eigenvalue weighted by molar-refractivity contribution is -0.125. The number of ether oxygens (including phenoxy) is 2. The summed E-state index contributed by atoms with van der Waals surface area (Å²) in [5.74, 6) is 1.68. The smallest absolute Gasteiger partial charge is 0.254 e. The van der Waals surface area contributed by atoms with Crippen molar-refractivity contribution < 1.29 is 23.0 Å². The van der Waals surface area contributed by atoms with Gasteiger partial charge in [0.2, 0.25) is 17.5 Å². The standard InChI is InChI=1S/C23H19F2N7O3/c1-4-16(33)31-8-7-13(11-31)32-20-12(9-26)10-28-21(27)17(20)15(30-32)6-5-14-18(24)22(34-2)29-23(35-3)19(14)25/h4,10,13H,1,7-8,11H2,2-3H3,(H2,27,28)/t13-/m0/s1. The van der Waals surface area contributed by atoms with Gasteiger partial charge in [-0.25, -0.2) is 4.98 Å². The Labute approximate surface area is 198 Å². The van der Waals surface area contributed by atoms with E-state index in [1.54, 1.807) is 9.58 Å². The molecular formula is C23H19F2N7O3. The number of nitrogens with two attached hydrogens (primary N) is 1. The zero-order chi connectivity index (χ0) is 25.3. The Balaban J connectivity index is 1.90. The summed E-state index contributed by atoms with van der Waals surface area (Å²) in [5.41, 5.74) is 6.07. The second-order valence-corrected chi connectivity index (χ2v) is 7.50. The molecule has 1 fully saturated rings. The summed E-state index contributed by atoms with van der Waals surface area (Å²) in [6.07, 6.45) is 3.09. The highest BCUT2D eigenvalue weighted by molar-refractivity contribution is 5.96. The van der Waals surface area contributed by atoms with Gasteiger partial charge in [0, 0.05) is 19.3 Å². The maximum Gasteiger partial charge on any atom is 0.254 e. The lowest BCUT2D eigenvalue weighted by Crippen LogP contribution is -2.27. The third-order valence-electron chi connectivity index (χ3n) is 5.58. The molecule has 1 aliphatic heterocycles. The molecule has 0 unspecified atom stereocenters. The van der Waals surface area contributed by atoms with Gasteiger partial charge in [0.25, 0.3) is 11.8 Å². The minimum atomic E-state index is -1.11. The molecule has 2 N–H and O–H groups in total. The molecular weight excluding hydrogens is 460 g/mol. The number of likely N-dealkylation sites (tertiary alicyclic amines) is 1. The summed E-state index contributed by atoms with van der Waals surface area (Å²) in [6, 6.07) is 1.77. The predicted molar refractivity (Wildman–Crippen MR) is 120 cm³/mol. The molecule has 0 spiro atoms. The van der Waals surface area contributed by atoms with E-state index in [0.717, 1.165) is 0 Å². The van der Waals surface area contributed by atoms with Crippen molar-refractivity contribution in [3.05, 3.63) is 47.3 Å². The summed E-state index contributed by atoms with van der Waals surface area (Å²) in [6.45, 7) is 4.29. The van der Waals surface area contributed by atoms with Crippen molar-refractivity contribution in [3.8, 4) is 29.7 Å². The fourth-order valence-corrected chi connectivity index (χ4v) is 3.90. The Bertz CT molecular complexity index is 1440. The average molecular weight is 479 g/mol. The summed E-state index contributed by atoms with van der Waals surface area (Å²) < 4.78 is 40.7. The van der Waals surface area contributed by atoms with Crippen LogP contribution in [0.15, 0.2) is 18.9 Å². The van der Waals surface area contributed by atoms with Gasteiger partial charge in [-0.1, -0.05) is 12.5 Å². The van der Waals surface area contributed by atoms with Crippen molar-refractivity contribution >= 4 is 22.6 Å². The molecule has 10 nitrogen and oxygen atoms in total. The number of halogens is 2. The summed E-state index contributed by atoms with van der Waals surface area (Å²) in [5, 5.41) is 14.4. The van der Waals surface area contributed by atoms with Crippen molar-refractivity contribution in [1.82, 2.24) is 24.6 Å². The summed E-state index contributed by atoms with van der Waals surface area (Å²) in [7, 11) is 2.35. The van der Waals surface area contributed by atoms with Crippen molar-refractivity contribution in [2.24, 2.45) is 0 Å². The van der Waals surface area contributed by atoms with E-state index in [2.05, 4.69) is 39.6 Å². The Hall–Kier alpha value is -4.71. The normalized spacial score (nSPS) is 14.8. The molecule has 4 heterocycles. The number of fused-ring (bicyclic) bond motifs is 1. The number of hydrogen-bond acceptors (Lipinski definition) is 8. The molecule has 0 radical (unpaired) electrons. The minimum Gasteiger partial charge on any atom is -0.479 e. The van der Waals surface area contributed by atoms with Crippen LogP contribution in [0, 0.1) is 34.8 Å². The molecule has 35 heavy (non-hydrogen) atoms. The number of aromatic nitrogens is 4. The number of anilines is 1. The van der Waals surface area contributed by atoms with E-state index >= 15 is 0 Å². The molecule has 4 rings (SSSR count). The second-order valence-electron chi connectivity index (χ2n) is 7.50. The maximum atomic E-state index is 14.7. The Morgan fingerprint density at radius 2 is 1.97 bits per heavy atom. The zero-order valence-corrected chi connectivity index (χ0v) is 18.8. The number of hydrogen-bond donors (Lipinski definition) is 1. The third-order valence-corrected chi connectivity index (χ3v) is 5.58. The van der Waals surface area contributed by atoms with E-state index in [-0.39, 0.29) is 34.4 Å². The number of methoxy groups -OCH3 is 2. The predicted octanol–water partition coefficient (Wildman–Crippen LogP) is 1.93. The van der Waals surface area contributed by atoms with Crippen molar-refractivity contribution in [2.45, 2.75) is 12.5 Å². The number of nitriles is 1. The molecule has 3 aromatic rings. The SMILES string of the molecule is C=CC(=O)N1CC[C@H](n2nc(C#Cc3c(F)c(OC)nc(OC)c3F)c3c(N)ncc(C#N)c32)C1. The van der Waals surface area contributed by atoms with Crippen LogP contribution in [0.5, 0.6) is 11.8 Å². The van der Waals surface area contributed by atoms with Crippen LogP contribution in [0.1, 0.15) is 29.3 Å². The van der Waals surface area contributed by atoms with Gasteiger partial charge in [-0.15, -0.1) is 0 Å². The topological polar surface area (TPSA) is 132 Å². The van der Waals surface area contributed by atoms with Crippen LogP contribution in [0.25, 0.3) is 10.9 Å². The van der Waals surface area contributed by atoms with Crippen LogP contribution in [-0.4, -0.2) is 57.9 Å². The average Bonchev–Trinajstić information content (AvgIpc) is 3.50. The largest absolute Gasteiger partial charge is 0.479 e. The maximum absolute atomic E-state index is 14.7. The number of nitrogen functional groups attached to an aromatic ring is 1. The molecule has 1 amide bonds. The number of pyridine rings is 2. The van der Waals surface area contributed by atoms with E-state index in [9.17, 15) is 18.8 Å². The molecule has 3 aromatic heterocycles. The summed E-state index contributed by atoms with van der Waals surface area (Å²) in [4.78, 5) is 21.3. The van der Waals surface area contributed by atoms with Crippen LogP contribution in [0.2, 0.25) is 0 Å². The minimum absolute atomic E-state index is 0.0393. The number of carbonyl (C=O) groups excluding carboxylic acids is 1. The van der Waals surface area contributed by atoms with E-state index in [4.69, 9.17) is 15.2 Å². The van der Waals surface area contributed by atoms with E-state index in [0.29, 0.717) is 25.0 Å². The highest BCUT2D eigenvalue weighted by Crippen LogP contribution is 2.32. The fraction of sp³-hybridized carbons (Fsp3) is 0.261. The fourth-order valence-electron chi connectivity index (χ4n) is 3.90. The molecule has 0 bridgehead atoms. The van der Waals surface area contributed by atoms with Gasteiger partial charge in [0.15, 0.2) is 0 Å². The molecule has 1 atom stereocenters. The number of nitrogens with zero attached hydrogens (tertiary/aromatic N) is 6. The van der Waals surface area contributed by atoms with E-state index < -0.39 is 29.0 Å². The second kappa shape index (κ2) is 9.27. The molecule has 0 aliphatic carbocycles. The van der Waals surface area contributed by atoms with Gasteiger partial charge in [0.05, 0.1) is 36.7 Å². The van der Waals surface area contributed by atoms with Crippen LogP contribution in [-0.2, 0) is 4.79 Å². The van der Waals surface area contributed by atoms with E-state index in [1.165, 1.54) is 26.5 Å². The van der Waals surface area contributed by atoms with Crippen LogP contribution in [0.4, 0.5) is 14.6 Å². The molecule has 1 aliphatic rings. The lowest BCUT2D eigenvalue weighted by Gasteiger charge is -2.15. The Morgan fingerprint density at radius 1 is 1.29 bits per heavy atom. The first kappa shape index (κ1) is 23.4. The first-order chi connectivity index (χ1) is 16.8. The Morgan fingerprint density at radius 3 is 2.57 bits per heavy atom. The van der Waals surface area contributed by atoms with Gasteiger partial charge in [-0.05, 0) is 18.4 Å². The molecule has 0 saturated carbocycles. The third kappa shape index (κ3) is 3.95. The number of rotatable bonds is 4. The highest BCUT2D eigenvalue weighted by atomic mass is 19.1. The van der Waals surface area contributed by atoms with E-state index in [1.807, 2.05) is 0 Å². The van der Waals surface area contributed by atoms with Gasteiger partial charge >= 0.3 is 0 Å². The van der Waals surface area contributed by atoms with Crippen molar-refractivity contribution in [3.63, 3.8) is 0 Å². The van der Waals surface area contributed by atoms with Crippen LogP contribution >= 0.6 is 0 Å². The van der Waals surface area contributed by atoms with Crippen molar-refractivity contribution in [1.29, 1.82) is 5.26 Å². The van der Waals surface area contributed by atoms with Crippen LogP contribution in [0.3, 0.4) is 0 Å². The zero-order valence-electron chi connectivity index (χ0n) is 18.8. The number of amides is 1. The Kier molecular flexibility index (Phi) is 6.21. The van der Waals surface area contributed by atoms with Gasteiger partial charge in [0.1, 0.15) is 23.1 Å². The lowest BCUT2D eigenvalue weighted by atomic mass is 10.1. The summed E-state index contributed by atoms with van der Waals surface area (Å²) >= 11 is 0. The van der Waals surface area contributed by atoms with Crippen LogP contribution < -0.4 is 15.2 Å². The highest BCUT2D eigenvalue weighted by Gasteiger charge is 2.30. The van der Waals surface area contributed by atoms with Gasteiger partial charge in [-0.3, -0.25) is 9.48 Å². The van der Waals surface area contributed by atoms with Gasteiger partial charge < -0.3 is 20.1 Å². The molecule has 1 saturated heterocycles. The van der Waals surface area contributed by atoms with Gasteiger partial charge in [-0.2, -0.15) is 24.1 Å². The van der Waals surface area contributed by atoms with Crippen molar-refractivity contribution in [2.75, 3.05) is 33.0 Å². The first-order valence-electron chi connectivity index (χ1n) is 10.3. The quantitative estimate of drug-likeness (QED) is 0.444. The molecule has 178 valence electrons. The number of carbonyl (C=O) groups is 1. The first-order valence-corrected chi connectivity index (χ1v) is 10.3. The molecule has 0 aromatic carbocycles.